The fourth-order valence-electron chi connectivity index (χ4n) is 2.49. The second-order valence-electron chi connectivity index (χ2n) is 5.83. The van der Waals surface area contributed by atoms with Crippen LogP contribution in [-0.2, 0) is 10.5 Å². The molecule has 0 aromatic carbocycles. The van der Waals surface area contributed by atoms with Crippen molar-refractivity contribution in [3.63, 3.8) is 0 Å². The Morgan fingerprint density at radius 1 is 1.30 bits per heavy atom. The summed E-state index contributed by atoms with van der Waals surface area (Å²) in [6.07, 6.45) is 4.62. The van der Waals surface area contributed by atoms with Gasteiger partial charge in [0.2, 0.25) is 5.91 Å². The molecule has 6 nitrogen and oxygen atoms in total. The Morgan fingerprint density at radius 3 is 2.75 bits per heavy atom. The normalized spacial score (nSPS) is 20.4. The predicted octanol–water partition coefficient (Wildman–Crippen LogP) is 1.50. The van der Waals surface area contributed by atoms with Crippen LogP contribution < -0.4 is 0 Å². The lowest BCUT2D eigenvalue weighted by Crippen LogP contribution is -2.38. The third-order valence-electron chi connectivity index (χ3n) is 4.05. The second kappa shape index (κ2) is 6.11. The van der Waals surface area contributed by atoms with Gasteiger partial charge in [0.25, 0.3) is 0 Å². The lowest BCUT2D eigenvalue weighted by Gasteiger charge is -2.30. The number of amides is 1. The molecule has 1 aromatic rings. The van der Waals surface area contributed by atoms with Crippen LogP contribution in [-0.4, -0.2) is 49.9 Å². The van der Waals surface area contributed by atoms with E-state index in [-0.39, 0.29) is 5.91 Å². The van der Waals surface area contributed by atoms with Gasteiger partial charge in [-0.05, 0) is 42.0 Å². The monoisotopic (exact) mass is 295 g/mol. The lowest BCUT2D eigenvalue weighted by atomic mass is 9.99. The number of thioether (sulfide) groups is 1. The summed E-state index contributed by atoms with van der Waals surface area (Å²) in [5, 5.41) is 11.8. The van der Waals surface area contributed by atoms with E-state index in [0.717, 1.165) is 43.4 Å². The zero-order valence-corrected chi connectivity index (χ0v) is 12.7. The van der Waals surface area contributed by atoms with Crippen LogP contribution in [0.15, 0.2) is 0 Å². The van der Waals surface area contributed by atoms with Crippen LogP contribution in [0.25, 0.3) is 0 Å². The maximum atomic E-state index is 12.1. The number of hydrogen-bond acceptors (Lipinski definition) is 5. The summed E-state index contributed by atoms with van der Waals surface area (Å²) in [6, 6.07) is 0.500. The number of rotatable bonds is 5. The van der Waals surface area contributed by atoms with Crippen LogP contribution in [0.1, 0.15) is 44.5 Å². The molecule has 110 valence electrons. The van der Waals surface area contributed by atoms with Crippen LogP contribution in [0.4, 0.5) is 0 Å². The summed E-state index contributed by atoms with van der Waals surface area (Å²) in [5.41, 5.74) is 0. The molecule has 2 heterocycles. The number of nitrogens with zero attached hydrogens (tertiary/aromatic N) is 5. The highest BCUT2D eigenvalue weighted by Gasteiger charge is 2.27. The first-order valence-corrected chi connectivity index (χ1v) is 8.52. The topological polar surface area (TPSA) is 63.9 Å². The van der Waals surface area contributed by atoms with Crippen molar-refractivity contribution in [1.29, 1.82) is 0 Å². The SMILES string of the molecule is CC1CCN(C(=O)CSCc2nnnn2C2CC2)CC1. The fourth-order valence-corrected chi connectivity index (χ4v) is 3.32. The van der Waals surface area contributed by atoms with Crippen molar-refractivity contribution < 1.29 is 4.79 Å². The molecule has 2 fully saturated rings. The Labute approximate surface area is 123 Å². The van der Waals surface area contributed by atoms with Crippen molar-refractivity contribution >= 4 is 17.7 Å². The van der Waals surface area contributed by atoms with E-state index in [1.54, 1.807) is 11.8 Å². The molecule has 0 radical (unpaired) electrons. The van der Waals surface area contributed by atoms with Gasteiger partial charge in [-0.2, -0.15) is 0 Å². The number of likely N-dealkylation sites (tertiary alicyclic amines) is 1. The van der Waals surface area contributed by atoms with Gasteiger partial charge in [0.05, 0.1) is 17.5 Å². The van der Waals surface area contributed by atoms with Crippen LogP contribution in [0.5, 0.6) is 0 Å². The Morgan fingerprint density at radius 2 is 2.05 bits per heavy atom. The summed E-state index contributed by atoms with van der Waals surface area (Å²) in [5.74, 6) is 3.17. The molecule has 2 aliphatic rings. The van der Waals surface area contributed by atoms with Crippen molar-refractivity contribution in [2.75, 3.05) is 18.8 Å². The number of carbonyl (C=O) groups is 1. The third-order valence-corrected chi connectivity index (χ3v) is 4.96. The van der Waals surface area contributed by atoms with Gasteiger partial charge in [-0.3, -0.25) is 4.79 Å². The average molecular weight is 295 g/mol. The van der Waals surface area contributed by atoms with Gasteiger partial charge in [-0.1, -0.05) is 6.92 Å². The summed E-state index contributed by atoms with van der Waals surface area (Å²) >= 11 is 1.62. The number of hydrogen-bond donors (Lipinski definition) is 0. The Bertz CT molecular complexity index is 465. The molecule has 0 N–H and O–H groups in total. The van der Waals surface area contributed by atoms with E-state index >= 15 is 0 Å². The fraction of sp³-hybridized carbons (Fsp3) is 0.846. The zero-order chi connectivity index (χ0) is 13.9. The van der Waals surface area contributed by atoms with E-state index in [1.807, 2.05) is 9.58 Å². The molecule has 1 saturated carbocycles. The Hall–Kier alpha value is -1.11. The van der Waals surface area contributed by atoms with Gasteiger partial charge in [0, 0.05) is 13.1 Å². The van der Waals surface area contributed by atoms with Crippen molar-refractivity contribution in [1.82, 2.24) is 25.1 Å². The Balaban J connectivity index is 1.43. The molecule has 1 aromatic heterocycles. The van der Waals surface area contributed by atoms with Gasteiger partial charge in [-0.15, -0.1) is 16.9 Å². The van der Waals surface area contributed by atoms with E-state index in [4.69, 9.17) is 0 Å². The van der Waals surface area contributed by atoms with Gasteiger partial charge in [0.15, 0.2) is 5.82 Å². The van der Waals surface area contributed by atoms with E-state index in [9.17, 15) is 4.79 Å². The molecule has 20 heavy (non-hydrogen) atoms. The molecule has 0 bridgehead atoms. The minimum atomic E-state index is 0.257. The van der Waals surface area contributed by atoms with E-state index in [2.05, 4.69) is 22.4 Å². The molecule has 1 aliphatic carbocycles. The van der Waals surface area contributed by atoms with Gasteiger partial charge < -0.3 is 4.90 Å². The maximum Gasteiger partial charge on any atom is 0.232 e. The van der Waals surface area contributed by atoms with Gasteiger partial charge >= 0.3 is 0 Å². The van der Waals surface area contributed by atoms with Crippen LogP contribution >= 0.6 is 11.8 Å². The second-order valence-corrected chi connectivity index (χ2v) is 6.81. The van der Waals surface area contributed by atoms with Crippen molar-refractivity contribution in [3.8, 4) is 0 Å². The highest BCUT2D eigenvalue weighted by atomic mass is 32.2. The molecule has 0 unspecified atom stereocenters. The number of tetrazole rings is 1. The van der Waals surface area contributed by atoms with Gasteiger partial charge in [0.1, 0.15) is 0 Å². The molecule has 0 spiro atoms. The smallest absolute Gasteiger partial charge is 0.232 e. The van der Waals surface area contributed by atoms with Crippen molar-refractivity contribution in [2.45, 2.75) is 44.4 Å². The standard InChI is InChI=1S/C13H21N5OS/c1-10-4-6-17(7-5-10)13(19)9-20-8-12-14-15-16-18(12)11-2-3-11/h10-11H,2-9H2,1H3. The number of piperidine rings is 1. The first-order chi connectivity index (χ1) is 9.74. The quantitative estimate of drug-likeness (QED) is 0.823. The zero-order valence-electron chi connectivity index (χ0n) is 11.9. The van der Waals surface area contributed by atoms with E-state index < -0.39 is 0 Å². The van der Waals surface area contributed by atoms with Gasteiger partial charge in [-0.25, -0.2) is 4.68 Å². The largest absolute Gasteiger partial charge is 0.342 e. The van der Waals surface area contributed by atoms with E-state index in [1.165, 1.54) is 12.8 Å². The maximum absolute atomic E-state index is 12.1. The van der Waals surface area contributed by atoms with Crippen LogP contribution in [0.2, 0.25) is 0 Å². The number of carbonyl (C=O) groups excluding carboxylic acids is 1. The van der Waals surface area contributed by atoms with E-state index in [0.29, 0.717) is 11.8 Å². The Kier molecular flexibility index (Phi) is 4.24. The first-order valence-electron chi connectivity index (χ1n) is 7.36. The van der Waals surface area contributed by atoms with Crippen LogP contribution in [0.3, 0.4) is 0 Å². The van der Waals surface area contributed by atoms with Crippen molar-refractivity contribution in [2.24, 2.45) is 5.92 Å². The summed E-state index contributed by atoms with van der Waals surface area (Å²) in [7, 11) is 0. The van der Waals surface area contributed by atoms with Crippen LogP contribution in [0, 0.1) is 5.92 Å². The number of aromatic nitrogens is 4. The minimum absolute atomic E-state index is 0.257. The molecular weight excluding hydrogens is 274 g/mol. The summed E-state index contributed by atoms with van der Waals surface area (Å²) < 4.78 is 1.92. The third kappa shape index (κ3) is 3.31. The summed E-state index contributed by atoms with van der Waals surface area (Å²) in [6.45, 7) is 4.09. The summed E-state index contributed by atoms with van der Waals surface area (Å²) in [4.78, 5) is 14.1. The predicted molar refractivity (Wildman–Crippen MR) is 77.2 cm³/mol. The highest BCUT2D eigenvalue weighted by Crippen LogP contribution is 2.34. The first kappa shape index (κ1) is 13.9. The van der Waals surface area contributed by atoms with Crippen molar-refractivity contribution in [3.05, 3.63) is 5.82 Å². The molecule has 3 rings (SSSR count). The highest BCUT2D eigenvalue weighted by molar-refractivity contribution is 7.99. The molecule has 1 saturated heterocycles. The molecule has 1 aliphatic heterocycles. The molecule has 0 atom stereocenters. The molecule has 7 heteroatoms. The lowest BCUT2D eigenvalue weighted by molar-refractivity contribution is -0.129. The average Bonchev–Trinajstić information content (AvgIpc) is 3.19. The molecule has 1 amide bonds. The molecular formula is C13H21N5OS. The minimum Gasteiger partial charge on any atom is -0.342 e.